The summed E-state index contributed by atoms with van der Waals surface area (Å²) in [7, 11) is -3.84. The number of sulfonamides is 1. The number of carbonyl (C=O) groups is 1. The van der Waals surface area contributed by atoms with Crippen LogP contribution in [0.4, 0.5) is 0 Å². The second-order valence-electron chi connectivity index (χ2n) is 5.55. The minimum atomic E-state index is -3.84. The molecule has 0 spiro atoms. The number of hydrogen-bond donors (Lipinski definition) is 2. The summed E-state index contributed by atoms with van der Waals surface area (Å²) in [6.07, 6.45) is -0.413. The Hall–Kier alpha value is -2.39. The fourth-order valence-corrected chi connectivity index (χ4v) is 3.21. The van der Waals surface area contributed by atoms with Crippen LogP contribution >= 0.6 is 23.2 Å². The van der Waals surface area contributed by atoms with Crippen molar-refractivity contribution in [2.45, 2.75) is 11.3 Å². The van der Waals surface area contributed by atoms with Gasteiger partial charge in [0, 0.05) is 11.1 Å². The Morgan fingerprint density at radius 1 is 1.07 bits per heavy atom. The van der Waals surface area contributed by atoms with E-state index < -0.39 is 22.4 Å². The van der Waals surface area contributed by atoms with Crippen LogP contribution in [0.2, 0.25) is 10.0 Å². The van der Waals surface area contributed by atoms with E-state index in [1.54, 1.807) is 18.2 Å². The van der Waals surface area contributed by atoms with Gasteiger partial charge in [0.25, 0.3) is 0 Å². The van der Waals surface area contributed by atoms with Gasteiger partial charge in [-0.15, -0.1) is 0 Å². The predicted octanol–water partition coefficient (Wildman–Crippen LogP) is 3.59. The summed E-state index contributed by atoms with van der Waals surface area (Å²) in [6.45, 7) is 0. The summed E-state index contributed by atoms with van der Waals surface area (Å²) in [5.41, 5.74) is 1.40. The van der Waals surface area contributed by atoms with Gasteiger partial charge < -0.3 is 9.52 Å². The molecule has 0 bridgehead atoms. The molecule has 0 saturated carbocycles. The number of hydrogen-bond acceptors (Lipinski definition) is 5. The Morgan fingerprint density at radius 3 is 2.26 bits per heavy atom. The molecule has 0 aliphatic heterocycles. The van der Waals surface area contributed by atoms with Crippen LogP contribution in [0.25, 0.3) is 22.6 Å². The number of oxazole rings is 1. The molecule has 0 fully saturated rings. The molecule has 3 aromatic rings. The van der Waals surface area contributed by atoms with Crippen molar-refractivity contribution < 1.29 is 22.7 Å². The molecule has 140 valence electrons. The highest BCUT2D eigenvalue weighted by Crippen LogP contribution is 2.36. The van der Waals surface area contributed by atoms with Crippen LogP contribution in [0, 0.1) is 0 Å². The fourth-order valence-electron chi connectivity index (χ4n) is 2.40. The third-order valence-corrected chi connectivity index (χ3v) is 5.28. The van der Waals surface area contributed by atoms with Crippen LogP contribution in [0.5, 0.6) is 0 Å². The third-order valence-electron chi connectivity index (χ3n) is 3.61. The number of nitrogens with zero attached hydrogens (tertiary/aromatic N) is 1. The van der Waals surface area contributed by atoms with Gasteiger partial charge in [0.05, 0.1) is 14.9 Å². The van der Waals surface area contributed by atoms with Gasteiger partial charge in [0.2, 0.25) is 15.9 Å². The van der Waals surface area contributed by atoms with Gasteiger partial charge in [0.1, 0.15) is 12.1 Å². The summed E-state index contributed by atoms with van der Waals surface area (Å²) in [6, 6.07) is 10.5. The molecule has 0 aliphatic carbocycles. The van der Waals surface area contributed by atoms with Crippen molar-refractivity contribution in [3.8, 4) is 22.6 Å². The quantitative estimate of drug-likeness (QED) is 0.642. The fraction of sp³-hybridized carbons (Fsp3) is 0.0588. The van der Waals surface area contributed by atoms with E-state index in [0.717, 1.165) is 0 Å². The van der Waals surface area contributed by atoms with Crippen molar-refractivity contribution in [2.75, 3.05) is 0 Å². The highest BCUT2D eigenvalue weighted by atomic mass is 35.5. The number of benzene rings is 2. The number of carboxylic acid groups (broad SMARTS) is 1. The normalized spacial score (nSPS) is 11.5. The first-order valence-electron chi connectivity index (χ1n) is 7.45. The van der Waals surface area contributed by atoms with Crippen LogP contribution in [0.3, 0.4) is 0 Å². The van der Waals surface area contributed by atoms with Crippen LogP contribution < -0.4 is 5.14 Å². The summed E-state index contributed by atoms with van der Waals surface area (Å²) in [5.74, 6) is -0.824. The topological polar surface area (TPSA) is 123 Å². The molecule has 0 unspecified atom stereocenters. The summed E-state index contributed by atoms with van der Waals surface area (Å²) in [4.78, 5) is 15.2. The predicted molar refractivity (Wildman–Crippen MR) is 100 cm³/mol. The molecule has 0 amide bonds. The molecular formula is C17H12Cl2N2O5S. The van der Waals surface area contributed by atoms with Gasteiger partial charge in [-0.1, -0.05) is 35.3 Å². The zero-order valence-corrected chi connectivity index (χ0v) is 15.8. The average Bonchev–Trinajstić information content (AvgIpc) is 2.99. The molecular weight excluding hydrogens is 415 g/mol. The van der Waals surface area contributed by atoms with E-state index in [4.69, 9.17) is 37.9 Å². The maximum absolute atomic E-state index is 11.4. The molecule has 0 saturated heterocycles. The Labute approximate surface area is 164 Å². The number of halogens is 2. The molecule has 1 aromatic heterocycles. The molecule has 1 heterocycles. The minimum Gasteiger partial charge on any atom is -0.481 e. The van der Waals surface area contributed by atoms with Crippen molar-refractivity contribution >= 4 is 39.2 Å². The SMILES string of the molecule is NS(=O)(=O)c1ccc(-c2nc(CC(=O)O)oc2-c2ccc(Cl)c(Cl)c2)cc1. The number of carboxylic acids is 1. The van der Waals surface area contributed by atoms with Gasteiger partial charge in [-0.05, 0) is 30.3 Å². The van der Waals surface area contributed by atoms with Crippen molar-refractivity contribution in [1.29, 1.82) is 0 Å². The van der Waals surface area contributed by atoms with Crippen LogP contribution in [0.1, 0.15) is 5.89 Å². The first-order valence-corrected chi connectivity index (χ1v) is 9.75. The number of aromatic nitrogens is 1. The highest BCUT2D eigenvalue weighted by Gasteiger charge is 2.20. The molecule has 27 heavy (non-hydrogen) atoms. The Bertz CT molecular complexity index is 1120. The van der Waals surface area contributed by atoms with Crippen LogP contribution in [-0.2, 0) is 21.2 Å². The molecule has 7 nitrogen and oxygen atoms in total. The zero-order chi connectivity index (χ0) is 19.8. The maximum atomic E-state index is 11.4. The standard InChI is InChI=1S/C17H12Cl2N2O5S/c18-12-6-3-10(7-13(12)19)17-16(21-14(26-17)8-15(22)23)9-1-4-11(5-2-9)27(20,24)25/h1-7H,8H2,(H,22,23)(H2,20,24,25). The minimum absolute atomic E-state index is 0.00547. The molecule has 0 radical (unpaired) electrons. The van der Waals surface area contributed by atoms with Gasteiger partial charge in [-0.3, -0.25) is 4.79 Å². The molecule has 0 atom stereocenters. The van der Waals surface area contributed by atoms with Crippen LogP contribution in [-0.4, -0.2) is 24.5 Å². The number of rotatable bonds is 5. The number of primary sulfonamides is 1. The maximum Gasteiger partial charge on any atom is 0.312 e. The monoisotopic (exact) mass is 426 g/mol. The van der Waals surface area contributed by atoms with E-state index >= 15 is 0 Å². The van der Waals surface area contributed by atoms with Gasteiger partial charge in [0.15, 0.2) is 5.76 Å². The van der Waals surface area contributed by atoms with Crippen molar-refractivity contribution in [1.82, 2.24) is 4.98 Å². The molecule has 2 aromatic carbocycles. The average molecular weight is 427 g/mol. The van der Waals surface area contributed by atoms with E-state index in [0.29, 0.717) is 26.9 Å². The van der Waals surface area contributed by atoms with E-state index in [2.05, 4.69) is 4.98 Å². The van der Waals surface area contributed by atoms with E-state index in [-0.39, 0.29) is 16.5 Å². The molecule has 3 N–H and O–H groups in total. The Morgan fingerprint density at radius 2 is 1.70 bits per heavy atom. The molecule has 0 aliphatic rings. The van der Waals surface area contributed by atoms with Gasteiger partial charge in [-0.25, -0.2) is 18.5 Å². The van der Waals surface area contributed by atoms with Crippen LogP contribution in [0.15, 0.2) is 51.8 Å². The highest BCUT2D eigenvalue weighted by molar-refractivity contribution is 7.89. The van der Waals surface area contributed by atoms with E-state index in [1.165, 1.54) is 24.3 Å². The van der Waals surface area contributed by atoms with Gasteiger partial charge >= 0.3 is 5.97 Å². The largest absolute Gasteiger partial charge is 0.481 e. The lowest BCUT2D eigenvalue weighted by Crippen LogP contribution is -2.11. The second-order valence-corrected chi connectivity index (χ2v) is 7.93. The van der Waals surface area contributed by atoms with Crippen molar-refractivity contribution in [3.05, 3.63) is 58.4 Å². The molecule has 3 rings (SSSR count). The summed E-state index contributed by atoms with van der Waals surface area (Å²) in [5, 5.41) is 14.7. The van der Waals surface area contributed by atoms with Crippen molar-refractivity contribution in [2.24, 2.45) is 5.14 Å². The smallest absolute Gasteiger partial charge is 0.312 e. The first-order chi connectivity index (χ1) is 12.6. The van der Waals surface area contributed by atoms with E-state index in [1.807, 2.05) is 0 Å². The number of nitrogens with two attached hydrogens (primary N) is 1. The zero-order valence-electron chi connectivity index (χ0n) is 13.5. The van der Waals surface area contributed by atoms with Crippen molar-refractivity contribution in [3.63, 3.8) is 0 Å². The Balaban J connectivity index is 2.14. The first kappa shape index (κ1) is 19.4. The summed E-state index contributed by atoms with van der Waals surface area (Å²) >= 11 is 12.0. The third kappa shape index (κ3) is 4.30. The van der Waals surface area contributed by atoms with Gasteiger partial charge in [-0.2, -0.15) is 0 Å². The van der Waals surface area contributed by atoms with E-state index in [9.17, 15) is 13.2 Å². The lowest BCUT2D eigenvalue weighted by molar-refractivity contribution is -0.136. The Kier molecular flexibility index (Phi) is 5.25. The summed E-state index contributed by atoms with van der Waals surface area (Å²) < 4.78 is 28.5. The second kappa shape index (κ2) is 7.32. The number of aliphatic carboxylic acids is 1. The lowest BCUT2D eigenvalue weighted by atomic mass is 10.1. The lowest BCUT2D eigenvalue weighted by Gasteiger charge is -2.04. The molecule has 10 heteroatoms.